The van der Waals surface area contributed by atoms with Gasteiger partial charge in [0.15, 0.2) is 0 Å². The molecule has 0 bridgehead atoms. The summed E-state index contributed by atoms with van der Waals surface area (Å²) in [6, 6.07) is 10.7. The second-order valence-corrected chi connectivity index (χ2v) is 5.50. The Morgan fingerprint density at radius 3 is 2.77 bits per heavy atom. The molecule has 0 aliphatic heterocycles. The molecule has 118 valence electrons. The number of rotatable bonds is 6. The fourth-order valence-corrected chi connectivity index (χ4v) is 2.13. The summed E-state index contributed by atoms with van der Waals surface area (Å²) in [5.41, 5.74) is 0.193. The van der Waals surface area contributed by atoms with Crippen molar-refractivity contribution >= 4 is 5.91 Å². The van der Waals surface area contributed by atoms with Crippen LogP contribution in [0.1, 0.15) is 34.4 Å². The standard InChI is InChI=1S/C17H21NO4/c1-12-7-8-15(22-12)17(2,20)11-18-16(19)14-6-4-5-13(9-14)10-21-3/h4-9,20H,10-11H2,1-3H3,(H,18,19). The van der Waals surface area contributed by atoms with E-state index in [4.69, 9.17) is 9.15 Å². The maximum absolute atomic E-state index is 12.2. The summed E-state index contributed by atoms with van der Waals surface area (Å²) in [6.45, 7) is 3.92. The van der Waals surface area contributed by atoms with Crippen LogP contribution in [0.25, 0.3) is 0 Å². The lowest BCUT2D eigenvalue weighted by molar-refractivity contribution is 0.0323. The van der Waals surface area contributed by atoms with Crippen molar-refractivity contribution in [3.05, 3.63) is 59.0 Å². The fourth-order valence-electron chi connectivity index (χ4n) is 2.13. The van der Waals surface area contributed by atoms with Gasteiger partial charge in [0, 0.05) is 12.7 Å². The van der Waals surface area contributed by atoms with Gasteiger partial charge in [-0.2, -0.15) is 0 Å². The van der Waals surface area contributed by atoms with Crippen LogP contribution in [0.15, 0.2) is 40.8 Å². The van der Waals surface area contributed by atoms with E-state index in [9.17, 15) is 9.90 Å². The second kappa shape index (κ2) is 6.77. The van der Waals surface area contributed by atoms with E-state index >= 15 is 0 Å². The van der Waals surface area contributed by atoms with Crippen LogP contribution in [0.3, 0.4) is 0 Å². The number of hydrogen-bond donors (Lipinski definition) is 2. The third-order valence-electron chi connectivity index (χ3n) is 3.36. The van der Waals surface area contributed by atoms with Crippen LogP contribution in [0.2, 0.25) is 0 Å². The summed E-state index contributed by atoms with van der Waals surface area (Å²) in [6.07, 6.45) is 0. The highest BCUT2D eigenvalue weighted by atomic mass is 16.5. The molecule has 1 unspecified atom stereocenters. The fraction of sp³-hybridized carbons (Fsp3) is 0.353. The normalized spacial score (nSPS) is 13.6. The molecule has 2 rings (SSSR count). The lowest BCUT2D eigenvalue weighted by Gasteiger charge is -2.21. The Bertz CT molecular complexity index is 646. The first-order valence-electron chi connectivity index (χ1n) is 7.08. The number of hydrogen-bond acceptors (Lipinski definition) is 4. The topological polar surface area (TPSA) is 71.7 Å². The molecule has 1 amide bonds. The molecule has 2 aromatic rings. The van der Waals surface area contributed by atoms with Crippen molar-refractivity contribution in [1.82, 2.24) is 5.32 Å². The maximum atomic E-state index is 12.2. The summed E-state index contributed by atoms with van der Waals surface area (Å²) >= 11 is 0. The Hall–Kier alpha value is -2.11. The highest BCUT2D eigenvalue weighted by molar-refractivity contribution is 5.94. The molecule has 0 spiro atoms. The average Bonchev–Trinajstić information content (AvgIpc) is 2.93. The molecule has 2 N–H and O–H groups in total. The van der Waals surface area contributed by atoms with Crippen molar-refractivity contribution in [2.75, 3.05) is 13.7 Å². The predicted octanol–water partition coefficient (Wildman–Crippen LogP) is 2.37. The number of amides is 1. The number of ether oxygens (including phenoxy) is 1. The van der Waals surface area contributed by atoms with Crippen molar-refractivity contribution in [3.8, 4) is 0 Å². The van der Waals surface area contributed by atoms with Gasteiger partial charge in [-0.3, -0.25) is 4.79 Å². The van der Waals surface area contributed by atoms with Crippen molar-refractivity contribution in [2.24, 2.45) is 0 Å². The molecule has 22 heavy (non-hydrogen) atoms. The number of aliphatic hydroxyl groups is 1. The first-order valence-corrected chi connectivity index (χ1v) is 7.08. The van der Waals surface area contributed by atoms with E-state index in [0.717, 1.165) is 5.56 Å². The van der Waals surface area contributed by atoms with Gasteiger partial charge < -0.3 is 19.6 Å². The van der Waals surface area contributed by atoms with Crippen LogP contribution >= 0.6 is 0 Å². The number of carbonyl (C=O) groups excluding carboxylic acids is 1. The smallest absolute Gasteiger partial charge is 0.251 e. The van der Waals surface area contributed by atoms with Crippen LogP contribution < -0.4 is 5.32 Å². The molecule has 1 aromatic carbocycles. The van der Waals surface area contributed by atoms with Crippen LogP contribution in [0.5, 0.6) is 0 Å². The summed E-state index contributed by atoms with van der Waals surface area (Å²) < 4.78 is 10.5. The first-order chi connectivity index (χ1) is 10.4. The van der Waals surface area contributed by atoms with E-state index in [0.29, 0.717) is 23.7 Å². The Balaban J connectivity index is 2.01. The van der Waals surface area contributed by atoms with Gasteiger partial charge in [0.05, 0.1) is 13.2 Å². The largest absolute Gasteiger partial charge is 0.463 e. The van der Waals surface area contributed by atoms with E-state index in [1.165, 1.54) is 0 Å². The number of carbonyl (C=O) groups is 1. The average molecular weight is 303 g/mol. The number of furan rings is 1. The third-order valence-corrected chi connectivity index (χ3v) is 3.36. The Labute approximate surface area is 129 Å². The highest BCUT2D eigenvalue weighted by Gasteiger charge is 2.27. The Morgan fingerprint density at radius 2 is 2.14 bits per heavy atom. The van der Waals surface area contributed by atoms with E-state index in [1.807, 2.05) is 6.07 Å². The molecule has 0 saturated carbocycles. The molecule has 0 saturated heterocycles. The molecule has 0 radical (unpaired) electrons. The number of aryl methyl sites for hydroxylation is 1. The molecule has 1 aromatic heterocycles. The first kappa shape index (κ1) is 16.3. The van der Waals surface area contributed by atoms with Gasteiger partial charge in [-0.15, -0.1) is 0 Å². The number of methoxy groups -OCH3 is 1. The molecule has 0 aliphatic rings. The minimum absolute atomic E-state index is 0.0628. The Kier molecular flexibility index (Phi) is 5.00. The van der Waals surface area contributed by atoms with Gasteiger partial charge in [0.25, 0.3) is 5.91 Å². The van der Waals surface area contributed by atoms with Crippen molar-refractivity contribution < 1.29 is 19.1 Å². The van der Waals surface area contributed by atoms with Crippen molar-refractivity contribution in [2.45, 2.75) is 26.1 Å². The molecule has 5 nitrogen and oxygen atoms in total. The highest BCUT2D eigenvalue weighted by Crippen LogP contribution is 2.22. The molecule has 0 fully saturated rings. The summed E-state index contributed by atoms with van der Waals surface area (Å²) in [5, 5.41) is 13.1. The minimum atomic E-state index is -1.26. The maximum Gasteiger partial charge on any atom is 0.251 e. The van der Waals surface area contributed by atoms with Gasteiger partial charge in [-0.05, 0) is 43.7 Å². The van der Waals surface area contributed by atoms with Crippen molar-refractivity contribution in [3.63, 3.8) is 0 Å². The second-order valence-electron chi connectivity index (χ2n) is 5.50. The van der Waals surface area contributed by atoms with Crippen LogP contribution in [-0.4, -0.2) is 24.7 Å². The third kappa shape index (κ3) is 3.96. The van der Waals surface area contributed by atoms with Gasteiger partial charge in [0.2, 0.25) is 0 Å². The molecular formula is C17H21NO4. The lowest BCUT2D eigenvalue weighted by atomic mass is 10.0. The minimum Gasteiger partial charge on any atom is -0.463 e. The molecular weight excluding hydrogens is 282 g/mol. The van der Waals surface area contributed by atoms with Gasteiger partial charge >= 0.3 is 0 Å². The SMILES string of the molecule is COCc1cccc(C(=O)NCC(C)(O)c2ccc(C)o2)c1. The number of nitrogens with one attached hydrogen (secondary N) is 1. The zero-order valence-electron chi connectivity index (χ0n) is 13.1. The zero-order chi connectivity index (χ0) is 16.2. The lowest BCUT2D eigenvalue weighted by Crippen LogP contribution is -2.38. The van der Waals surface area contributed by atoms with Gasteiger partial charge in [-0.1, -0.05) is 12.1 Å². The predicted molar refractivity (Wildman–Crippen MR) is 82.5 cm³/mol. The molecule has 5 heteroatoms. The van der Waals surface area contributed by atoms with E-state index in [2.05, 4.69) is 5.32 Å². The Morgan fingerprint density at radius 1 is 1.36 bits per heavy atom. The quantitative estimate of drug-likeness (QED) is 0.859. The van der Waals surface area contributed by atoms with Gasteiger partial charge in [0.1, 0.15) is 17.1 Å². The molecule has 0 aliphatic carbocycles. The monoisotopic (exact) mass is 303 g/mol. The van der Waals surface area contributed by atoms with E-state index in [-0.39, 0.29) is 12.5 Å². The zero-order valence-corrected chi connectivity index (χ0v) is 13.1. The van der Waals surface area contributed by atoms with Crippen LogP contribution in [0, 0.1) is 6.92 Å². The van der Waals surface area contributed by atoms with Gasteiger partial charge in [-0.25, -0.2) is 0 Å². The van der Waals surface area contributed by atoms with Crippen molar-refractivity contribution in [1.29, 1.82) is 0 Å². The summed E-state index contributed by atoms with van der Waals surface area (Å²) in [7, 11) is 1.61. The number of benzene rings is 1. The van der Waals surface area contributed by atoms with Crippen LogP contribution in [-0.2, 0) is 16.9 Å². The molecule has 1 heterocycles. The summed E-state index contributed by atoms with van der Waals surface area (Å²) in [5.74, 6) is 0.897. The van der Waals surface area contributed by atoms with E-state index < -0.39 is 5.60 Å². The molecule has 1 atom stereocenters. The van der Waals surface area contributed by atoms with Crippen LogP contribution in [0.4, 0.5) is 0 Å². The van der Waals surface area contributed by atoms with E-state index in [1.54, 1.807) is 51.3 Å². The summed E-state index contributed by atoms with van der Waals surface area (Å²) in [4.78, 5) is 12.2.